The van der Waals surface area contributed by atoms with E-state index in [2.05, 4.69) is 6.07 Å². The summed E-state index contributed by atoms with van der Waals surface area (Å²) >= 11 is 0. The molecule has 0 N–H and O–H groups in total. The van der Waals surface area contributed by atoms with E-state index in [0.29, 0.717) is 0 Å². The molecule has 2 atom stereocenters. The van der Waals surface area contributed by atoms with Gasteiger partial charge in [0.2, 0.25) is 0 Å². The molecule has 1 aromatic rings. The zero-order valence-electron chi connectivity index (χ0n) is 9.83. The smallest absolute Gasteiger partial charge is 0.256 e. The molecule has 0 saturated carbocycles. The van der Waals surface area contributed by atoms with E-state index in [1.54, 1.807) is 0 Å². The normalized spacial score (nSPS) is 28.7. The minimum Gasteiger partial charge on any atom is -0.256 e. The van der Waals surface area contributed by atoms with Gasteiger partial charge in [-0.05, 0) is 23.6 Å². The van der Waals surface area contributed by atoms with E-state index < -0.39 is 16.3 Å². The van der Waals surface area contributed by atoms with E-state index in [-0.39, 0.29) is 19.1 Å². The fraction of sp³-hybridized carbons (Fsp3) is 0.417. The topological polar surface area (TPSA) is 70.4 Å². The molecular weight excluding hydrogens is 252 g/mol. The van der Waals surface area contributed by atoms with Crippen molar-refractivity contribution >= 4 is 10.3 Å². The summed E-state index contributed by atoms with van der Waals surface area (Å²) in [5.74, 6) is 0. The Morgan fingerprint density at radius 1 is 1.56 bits per heavy atom. The molecule has 2 aliphatic rings. The lowest BCUT2D eigenvalue weighted by molar-refractivity contribution is 0.303. The Bertz CT molecular complexity index is 648. The molecule has 0 bridgehead atoms. The van der Waals surface area contributed by atoms with E-state index in [0.717, 1.165) is 16.7 Å². The first-order chi connectivity index (χ1) is 8.56. The molecule has 2 heterocycles. The average molecular weight is 264 g/mol. The first-order valence-corrected chi connectivity index (χ1v) is 7.07. The van der Waals surface area contributed by atoms with Gasteiger partial charge >= 0.3 is 10.3 Å². The largest absolute Gasteiger partial charge is 0.339 e. The summed E-state index contributed by atoms with van der Waals surface area (Å²) in [6.07, 6.45) is 0.148. The minimum absolute atomic E-state index is 0.141. The van der Waals surface area contributed by atoms with Crippen molar-refractivity contribution in [2.24, 2.45) is 0 Å². The molecule has 1 fully saturated rings. The van der Waals surface area contributed by atoms with Gasteiger partial charge in [-0.25, -0.2) is 0 Å². The fourth-order valence-electron chi connectivity index (χ4n) is 2.90. The summed E-state index contributed by atoms with van der Waals surface area (Å²) in [7, 11) is -3.70. The second-order valence-electron chi connectivity index (χ2n) is 4.54. The summed E-state index contributed by atoms with van der Waals surface area (Å²) in [6, 6.07) is 7.12. The second-order valence-corrected chi connectivity index (χ2v) is 6.06. The van der Waals surface area contributed by atoms with Crippen LogP contribution in [0.1, 0.15) is 35.2 Å². The second kappa shape index (κ2) is 3.79. The molecule has 0 radical (unpaired) electrons. The van der Waals surface area contributed by atoms with Crippen LogP contribution in [0.4, 0.5) is 0 Å². The Morgan fingerprint density at radius 2 is 2.33 bits per heavy atom. The van der Waals surface area contributed by atoms with Crippen LogP contribution >= 0.6 is 0 Å². The Kier molecular flexibility index (Phi) is 2.45. The molecule has 0 aromatic heterocycles. The van der Waals surface area contributed by atoms with Crippen LogP contribution in [-0.2, 0) is 14.5 Å². The summed E-state index contributed by atoms with van der Waals surface area (Å²) < 4.78 is 30.0. The van der Waals surface area contributed by atoms with Gasteiger partial charge in [0.15, 0.2) is 0 Å². The zero-order chi connectivity index (χ0) is 12.9. The predicted molar refractivity (Wildman–Crippen MR) is 63.6 cm³/mol. The molecule has 3 rings (SSSR count). The lowest BCUT2D eigenvalue weighted by atomic mass is 9.96. The van der Waals surface area contributed by atoms with Gasteiger partial charge in [0.1, 0.15) is 0 Å². The molecule has 94 valence electrons. The Labute approximate surface area is 106 Å². The lowest BCUT2D eigenvalue weighted by Crippen LogP contribution is -2.26. The molecule has 1 unspecified atom stereocenters. The van der Waals surface area contributed by atoms with Crippen LogP contribution in [-0.4, -0.2) is 19.3 Å². The van der Waals surface area contributed by atoms with Crippen molar-refractivity contribution in [3.8, 4) is 6.07 Å². The highest BCUT2D eigenvalue weighted by Crippen LogP contribution is 2.50. The van der Waals surface area contributed by atoms with Crippen LogP contribution in [0.2, 0.25) is 0 Å². The van der Waals surface area contributed by atoms with Gasteiger partial charge in [-0.3, -0.25) is 4.18 Å². The van der Waals surface area contributed by atoms with Gasteiger partial charge < -0.3 is 0 Å². The third-order valence-corrected chi connectivity index (χ3v) is 5.04. The Balaban J connectivity index is 2.21. The summed E-state index contributed by atoms with van der Waals surface area (Å²) in [4.78, 5) is 0. The molecule has 5 nitrogen and oxygen atoms in total. The van der Waals surface area contributed by atoms with Gasteiger partial charge in [0.05, 0.1) is 31.2 Å². The Morgan fingerprint density at radius 3 is 3.06 bits per heavy atom. The summed E-state index contributed by atoms with van der Waals surface area (Å²) in [5.41, 5.74) is 2.98. The monoisotopic (exact) mass is 264 g/mol. The molecule has 6 heteroatoms. The molecule has 2 aliphatic heterocycles. The highest BCUT2D eigenvalue weighted by atomic mass is 32.2. The van der Waals surface area contributed by atoms with Crippen molar-refractivity contribution in [3.63, 3.8) is 0 Å². The number of hydrogen-bond donors (Lipinski definition) is 0. The maximum absolute atomic E-state index is 11.9. The number of nitrogens with zero attached hydrogens (tertiary/aromatic N) is 2. The molecule has 0 amide bonds. The molecule has 0 spiro atoms. The Hall–Kier alpha value is -1.42. The van der Waals surface area contributed by atoms with Crippen molar-refractivity contribution in [2.45, 2.75) is 25.4 Å². The summed E-state index contributed by atoms with van der Waals surface area (Å²) in [5, 5.41) is 8.90. The van der Waals surface area contributed by atoms with Gasteiger partial charge in [-0.15, -0.1) is 0 Å². The van der Waals surface area contributed by atoms with Crippen molar-refractivity contribution in [2.75, 3.05) is 6.61 Å². The molecule has 0 aliphatic carbocycles. The number of fused-ring (bicyclic) bond motifs is 3. The van der Waals surface area contributed by atoms with Crippen molar-refractivity contribution in [1.29, 1.82) is 5.26 Å². The molecule has 1 saturated heterocycles. The SMILES string of the molecule is Cc1cccc2c1C1COS(=O)(=O)N1[C@H]2CC#N. The van der Waals surface area contributed by atoms with Crippen LogP contribution in [0.3, 0.4) is 0 Å². The number of nitriles is 1. The first kappa shape index (κ1) is 11.7. The summed E-state index contributed by atoms with van der Waals surface area (Å²) in [6.45, 7) is 2.10. The number of hydrogen-bond acceptors (Lipinski definition) is 4. The van der Waals surface area contributed by atoms with Crippen molar-refractivity contribution in [3.05, 3.63) is 34.9 Å². The highest BCUT2D eigenvalue weighted by molar-refractivity contribution is 7.84. The number of rotatable bonds is 1. The zero-order valence-corrected chi connectivity index (χ0v) is 10.6. The predicted octanol–water partition coefficient (Wildman–Crippen LogP) is 1.58. The van der Waals surface area contributed by atoms with E-state index in [1.807, 2.05) is 25.1 Å². The average Bonchev–Trinajstić information content (AvgIpc) is 2.79. The fourth-order valence-corrected chi connectivity index (χ4v) is 4.30. The minimum atomic E-state index is -3.70. The van der Waals surface area contributed by atoms with Crippen LogP contribution in [0.5, 0.6) is 0 Å². The van der Waals surface area contributed by atoms with E-state index in [9.17, 15) is 8.42 Å². The maximum atomic E-state index is 11.9. The molecule has 18 heavy (non-hydrogen) atoms. The molecule has 1 aromatic carbocycles. The van der Waals surface area contributed by atoms with Crippen LogP contribution in [0.25, 0.3) is 0 Å². The number of benzene rings is 1. The van der Waals surface area contributed by atoms with Crippen molar-refractivity contribution in [1.82, 2.24) is 4.31 Å². The van der Waals surface area contributed by atoms with Gasteiger partial charge in [-0.1, -0.05) is 18.2 Å². The van der Waals surface area contributed by atoms with Gasteiger partial charge in [0, 0.05) is 0 Å². The standard InChI is InChI=1S/C12H12N2O3S/c1-8-3-2-4-9-10(5-6-13)14-11(12(8)9)7-17-18(14,15)16/h2-4,10-11H,5,7H2,1H3/t10-,11?/m0/s1. The lowest BCUT2D eigenvalue weighted by Gasteiger charge is -2.18. The van der Waals surface area contributed by atoms with Gasteiger partial charge in [-0.2, -0.15) is 18.0 Å². The quantitative estimate of drug-likeness (QED) is 0.772. The highest BCUT2D eigenvalue weighted by Gasteiger charge is 2.51. The van der Waals surface area contributed by atoms with Crippen molar-refractivity contribution < 1.29 is 12.6 Å². The van der Waals surface area contributed by atoms with E-state index in [1.165, 1.54) is 4.31 Å². The van der Waals surface area contributed by atoms with Crippen LogP contribution in [0, 0.1) is 18.3 Å². The third kappa shape index (κ3) is 1.42. The number of aryl methyl sites for hydroxylation is 1. The third-order valence-electron chi connectivity index (χ3n) is 3.58. The van der Waals surface area contributed by atoms with E-state index in [4.69, 9.17) is 9.44 Å². The van der Waals surface area contributed by atoms with Gasteiger partial charge in [0.25, 0.3) is 0 Å². The first-order valence-electron chi connectivity index (χ1n) is 5.70. The maximum Gasteiger partial charge on any atom is 0.339 e. The van der Waals surface area contributed by atoms with Crippen LogP contribution in [0.15, 0.2) is 18.2 Å². The molecular formula is C12H12N2O3S. The van der Waals surface area contributed by atoms with E-state index >= 15 is 0 Å². The van der Waals surface area contributed by atoms with Crippen LogP contribution < -0.4 is 0 Å².